The van der Waals surface area contributed by atoms with E-state index < -0.39 is 10.0 Å². The molecule has 0 aliphatic heterocycles. The Bertz CT molecular complexity index is 760. The second kappa shape index (κ2) is 6.86. The second-order valence-electron chi connectivity index (χ2n) is 4.78. The number of hydrogen-bond donors (Lipinski definition) is 2. The minimum atomic E-state index is -3.40. The molecule has 0 saturated carbocycles. The Morgan fingerprint density at radius 2 is 2.32 bits per heavy atom. The van der Waals surface area contributed by atoms with E-state index in [9.17, 15) is 12.9 Å². The lowest BCUT2D eigenvalue weighted by Crippen LogP contribution is -2.31. The van der Waals surface area contributed by atoms with E-state index in [0.717, 1.165) is 10.9 Å². The largest absolute Gasteiger partial charge is 0.341 e. The van der Waals surface area contributed by atoms with E-state index in [0.29, 0.717) is 24.4 Å². The molecule has 0 atom stereocenters. The van der Waals surface area contributed by atoms with Gasteiger partial charge in [-0.3, -0.25) is 9.84 Å². The van der Waals surface area contributed by atoms with Gasteiger partial charge in [0.1, 0.15) is 5.82 Å². The van der Waals surface area contributed by atoms with Crippen LogP contribution in [0, 0.1) is 0 Å². The summed E-state index contributed by atoms with van der Waals surface area (Å²) in [7, 11) is -1.56. The number of benzene rings is 1. The van der Waals surface area contributed by atoms with Gasteiger partial charge < -0.3 is 4.98 Å². The average molecular weight is 328 g/mol. The van der Waals surface area contributed by atoms with Crippen LogP contribution in [0.4, 0.5) is 4.53 Å². The number of fused-ring (bicyclic) bond motifs is 1. The number of imidazole rings is 1. The summed E-state index contributed by atoms with van der Waals surface area (Å²) < 4.78 is 36.9. The number of rotatable bonds is 8. The quantitative estimate of drug-likeness (QED) is 0.763. The van der Waals surface area contributed by atoms with E-state index in [4.69, 9.17) is 0 Å². The number of sulfonamides is 1. The first kappa shape index (κ1) is 16.4. The summed E-state index contributed by atoms with van der Waals surface area (Å²) in [4.78, 5) is 13.0. The molecule has 1 heterocycles. The zero-order chi connectivity index (χ0) is 16.2. The topological polar surface area (TPSA) is 87.3 Å². The third-order valence-electron chi connectivity index (χ3n) is 3.03. The molecule has 0 amide bonds. The Morgan fingerprint density at radius 1 is 1.55 bits per heavy atom. The molecule has 0 aliphatic carbocycles. The minimum Gasteiger partial charge on any atom is -0.341 e. The summed E-state index contributed by atoms with van der Waals surface area (Å²) >= 11 is 0. The van der Waals surface area contributed by atoms with Gasteiger partial charge >= 0.3 is 0 Å². The molecule has 0 radical (unpaired) electrons. The van der Waals surface area contributed by atoms with E-state index in [1.54, 1.807) is 6.07 Å². The smallest absolute Gasteiger partial charge is 0.233 e. The van der Waals surface area contributed by atoms with Gasteiger partial charge in [-0.25, -0.2) is 18.1 Å². The van der Waals surface area contributed by atoms with Crippen molar-refractivity contribution < 1.29 is 17.9 Å². The van der Waals surface area contributed by atoms with Gasteiger partial charge in [0.05, 0.1) is 17.6 Å². The summed E-state index contributed by atoms with van der Waals surface area (Å²) in [6.07, 6.45) is 0. The van der Waals surface area contributed by atoms with Crippen LogP contribution in [0.1, 0.15) is 5.82 Å². The number of H-pyrrole nitrogens is 1. The number of hydrogen-bond acceptors (Lipinski definition) is 5. The van der Waals surface area contributed by atoms with Crippen LogP contribution in [0.5, 0.6) is 5.75 Å². The van der Waals surface area contributed by atoms with Crippen molar-refractivity contribution in [1.82, 2.24) is 19.6 Å². The number of aromatic nitrogens is 2. The maximum Gasteiger partial charge on any atom is 0.233 e. The Balaban J connectivity index is 1.94. The molecule has 0 unspecified atom stereocenters. The molecule has 2 aromatic rings. The molecule has 2 N–H and O–H groups in total. The van der Waals surface area contributed by atoms with Crippen LogP contribution in [0.15, 0.2) is 30.2 Å². The summed E-state index contributed by atoms with van der Waals surface area (Å²) in [6, 6.07) is 4.67. The third-order valence-corrected chi connectivity index (χ3v) is 4.07. The van der Waals surface area contributed by atoms with Crippen LogP contribution >= 0.6 is 0 Å². The lowest BCUT2D eigenvalue weighted by Gasteiger charge is -2.14. The van der Waals surface area contributed by atoms with Crippen molar-refractivity contribution in [1.29, 1.82) is 0 Å². The molecule has 7 nitrogen and oxygen atoms in total. The van der Waals surface area contributed by atoms with E-state index in [2.05, 4.69) is 26.2 Å². The molecule has 2 rings (SSSR count). The molecular weight excluding hydrogens is 311 g/mol. The normalized spacial score (nSPS) is 12.0. The predicted molar refractivity (Wildman–Crippen MR) is 81.3 cm³/mol. The Hall–Kier alpha value is -1.97. The van der Waals surface area contributed by atoms with Gasteiger partial charge in [0, 0.05) is 29.1 Å². The van der Waals surface area contributed by atoms with Crippen molar-refractivity contribution >= 4 is 21.1 Å². The first-order chi connectivity index (χ1) is 10.4. The molecule has 22 heavy (non-hydrogen) atoms. The lowest BCUT2D eigenvalue weighted by molar-refractivity contribution is -0.00604. The highest BCUT2D eigenvalue weighted by Gasteiger charge is 2.09. The van der Waals surface area contributed by atoms with Crippen LogP contribution < -0.4 is 9.66 Å². The van der Waals surface area contributed by atoms with Gasteiger partial charge in [-0.05, 0) is 19.2 Å². The molecule has 0 spiro atoms. The zero-order valence-electron chi connectivity index (χ0n) is 12.0. The number of aromatic amines is 1. The first-order valence-corrected chi connectivity index (χ1v) is 8.06. The molecule has 120 valence electrons. The molecule has 0 bridgehead atoms. The zero-order valence-corrected chi connectivity index (χ0v) is 12.9. The van der Waals surface area contributed by atoms with Crippen molar-refractivity contribution in [3.8, 4) is 5.75 Å². The highest BCUT2D eigenvalue weighted by molar-refractivity contribution is 7.92. The summed E-state index contributed by atoms with van der Waals surface area (Å²) in [5.74, 6) is 0.790. The average Bonchev–Trinajstić information content (AvgIpc) is 2.87. The molecule has 0 aliphatic rings. The minimum absolute atomic E-state index is 0.0951. The summed E-state index contributed by atoms with van der Waals surface area (Å²) in [5.41, 5.74) is 1.38. The summed E-state index contributed by atoms with van der Waals surface area (Å²) in [5, 5.41) is 0.872. The van der Waals surface area contributed by atoms with Gasteiger partial charge in [0.2, 0.25) is 10.0 Å². The first-order valence-electron chi connectivity index (χ1n) is 6.51. The number of halogens is 1. The standard InChI is InChI=1S/C13H17FN4O3S/c1-3-22(19,20)15-6-7-18(2)9-13-16-11-5-4-10(21-14)8-12(11)17-13/h3-5,8,15H,1,6-7,9H2,2H3,(H,16,17). The molecule has 9 heteroatoms. The van der Waals surface area contributed by atoms with E-state index in [-0.39, 0.29) is 12.3 Å². The Kier molecular flexibility index (Phi) is 5.11. The summed E-state index contributed by atoms with van der Waals surface area (Å²) in [6.45, 7) is 4.49. The van der Waals surface area contributed by atoms with Crippen molar-refractivity contribution in [2.75, 3.05) is 20.1 Å². The SMILES string of the molecule is C=CS(=O)(=O)NCCN(C)Cc1nc2cc(OF)ccc2[nH]1. The van der Waals surface area contributed by atoms with Gasteiger partial charge in [-0.1, -0.05) is 6.58 Å². The molecule has 1 aromatic heterocycles. The Morgan fingerprint density at radius 3 is 3.00 bits per heavy atom. The second-order valence-corrected chi connectivity index (χ2v) is 6.50. The van der Waals surface area contributed by atoms with Gasteiger partial charge in [-0.15, -0.1) is 0 Å². The monoisotopic (exact) mass is 328 g/mol. The van der Waals surface area contributed by atoms with Gasteiger partial charge in [0.25, 0.3) is 0 Å². The molecule has 0 saturated heterocycles. The van der Waals surface area contributed by atoms with Crippen LogP contribution in [0.3, 0.4) is 0 Å². The fraction of sp³-hybridized carbons (Fsp3) is 0.308. The van der Waals surface area contributed by atoms with Crippen molar-refractivity contribution in [3.05, 3.63) is 36.0 Å². The number of nitrogens with zero attached hydrogens (tertiary/aromatic N) is 2. The molecule has 1 aromatic carbocycles. The number of likely N-dealkylation sites (N-methyl/N-ethyl adjacent to an activating group) is 1. The maximum absolute atomic E-state index is 12.1. The molecular formula is C13H17FN4O3S. The van der Waals surface area contributed by atoms with Crippen LogP contribution in [-0.4, -0.2) is 43.4 Å². The van der Waals surface area contributed by atoms with E-state index in [1.165, 1.54) is 12.1 Å². The highest BCUT2D eigenvalue weighted by Crippen LogP contribution is 2.19. The fourth-order valence-electron chi connectivity index (χ4n) is 1.93. The van der Waals surface area contributed by atoms with Gasteiger partial charge in [0.15, 0.2) is 5.75 Å². The lowest BCUT2D eigenvalue weighted by atomic mass is 10.3. The fourth-order valence-corrected chi connectivity index (χ4v) is 2.43. The van der Waals surface area contributed by atoms with Crippen molar-refractivity contribution in [2.24, 2.45) is 0 Å². The Labute approximate surface area is 127 Å². The van der Waals surface area contributed by atoms with Crippen molar-refractivity contribution in [2.45, 2.75) is 6.54 Å². The highest BCUT2D eigenvalue weighted by atomic mass is 32.2. The van der Waals surface area contributed by atoms with E-state index >= 15 is 0 Å². The molecule has 0 fully saturated rings. The van der Waals surface area contributed by atoms with Crippen LogP contribution in [-0.2, 0) is 16.6 Å². The maximum atomic E-state index is 12.1. The van der Waals surface area contributed by atoms with Gasteiger partial charge in [-0.2, -0.15) is 0 Å². The van der Waals surface area contributed by atoms with Crippen molar-refractivity contribution in [3.63, 3.8) is 0 Å². The number of nitrogens with one attached hydrogen (secondary N) is 2. The van der Waals surface area contributed by atoms with E-state index in [1.807, 2.05) is 11.9 Å². The third kappa shape index (κ3) is 4.26. The van der Waals surface area contributed by atoms with Crippen LogP contribution in [0.25, 0.3) is 11.0 Å². The van der Waals surface area contributed by atoms with Crippen LogP contribution in [0.2, 0.25) is 0 Å². The predicted octanol–water partition coefficient (Wildman–Crippen LogP) is 1.32.